The van der Waals surface area contributed by atoms with Crippen LogP contribution < -0.4 is 9.64 Å². The zero-order chi connectivity index (χ0) is 13.5. The van der Waals surface area contributed by atoms with Crippen LogP contribution in [0.3, 0.4) is 0 Å². The topological polar surface area (TPSA) is 12.5 Å². The number of hydrogen-bond donors (Lipinski definition) is 0. The van der Waals surface area contributed by atoms with Crippen molar-refractivity contribution in [2.24, 2.45) is 0 Å². The summed E-state index contributed by atoms with van der Waals surface area (Å²) in [6.45, 7) is 3.23. The lowest BCUT2D eigenvalue weighted by molar-refractivity contribution is 0.417. The molecule has 100 valence electrons. The molecular formula is C18H17NO. The number of benzene rings is 2. The van der Waals surface area contributed by atoms with Crippen LogP contribution in [0.2, 0.25) is 0 Å². The fraction of sp³-hybridized carbons (Fsp3) is 0.222. The molecule has 0 unspecified atom stereocenters. The highest BCUT2D eigenvalue weighted by atomic mass is 16.5. The third-order valence-corrected chi connectivity index (χ3v) is 4.11. The lowest BCUT2D eigenvalue weighted by atomic mass is 10.0. The van der Waals surface area contributed by atoms with Crippen LogP contribution in [0.1, 0.15) is 19.8 Å². The highest BCUT2D eigenvalue weighted by molar-refractivity contribution is 5.76. The average molecular weight is 263 g/mol. The molecule has 0 aliphatic carbocycles. The first kappa shape index (κ1) is 11.6. The number of fused-ring (bicyclic) bond motifs is 3. The second-order valence-electron chi connectivity index (χ2n) is 5.49. The molecule has 0 spiro atoms. The molecule has 0 saturated heterocycles. The summed E-state index contributed by atoms with van der Waals surface area (Å²) in [6, 6.07) is 17.0. The van der Waals surface area contributed by atoms with Crippen molar-refractivity contribution in [3.8, 4) is 16.9 Å². The molecule has 2 aliphatic rings. The average Bonchev–Trinajstić information content (AvgIpc) is 2.88. The molecular weight excluding hydrogens is 246 g/mol. The van der Waals surface area contributed by atoms with Gasteiger partial charge in [0, 0.05) is 6.54 Å². The highest BCUT2D eigenvalue weighted by Gasteiger charge is 2.30. The highest BCUT2D eigenvalue weighted by Crippen LogP contribution is 2.44. The van der Waals surface area contributed by atoms with Crippen LogP contribution in [0.5, 0.6) is 5.75 Å². The van der Waals surface area contributed by atoms with Crippen molar-refractivity contribution in [1.29, 1.82) is 0 Å². The summed E-state index contributed by atoms with van der Waals surface area (Å²) >= 11 is 0. The van der Waals surface area contributed by atoms with Crippen LogP contribution in [-0.2, 0) is 0 Å². The van der Waals surface area contributed by atoms with E-state index in [9.17, 15) is 0 Å². The Labute approximate surface area is 119 Å². The molecule has 2 nitrogen and oxygen atoms in total. The van der Waals surface area contributed by atoms with Crippen molar-refractivity contribution in [2.45, 2.75) is 19.8 Å². The van der Waals surface area contributed by atoms with Gasteiger partial charge in [0.25, 0.3) is 0 Å². The first-order valence-corrected chi connectivity index (χ1v) is 7.17. The van der Waals surface area contributed by atoms with E-state index in [2.05, 4.69) is 60.4 Å². The minimum Gasteiger partial charge on any atom is -0.439 e. The predicted octanol–water partition coefficient (Wildman–Crippen LogP) is 4.58. The molecule has 0 aromatic heterocycles. The molecule has 0 atom stereocenters. The molecule has 2 heteroatoms. The van der Waals surface area contributed by atoms with Crippen molar-refractivity contribution in [2.75, 3.05) is 11.4 Å². The predicted molar refractivity (Wildman–Crippen MR) is 81.8 cm³/mol. The van der Waals surface area contributed by atoms with E-state index in [1.807, 2.05) is 0 Å². The van der Waals surface area contributed by atoms with E-state index in [4.69, 9.17) is 4.74 Å². The Balaban J connectivity index is 1.81. The van der Waals surface area contributed by atoms with Crippen LogP contribution in [0, 0.1) is 0 Å². The molecule has 0 N–H and O–H groups in total. The fourth-order valence-corrected chi connectivity index (χ4v) is 3.04. The Bertz CT molecular complexity index is 688. The minimum absolute atomic E-state index is 0.987. The molecule has 0 saturated carbocycles. The molecule has 0 radical (unpaired) electrons. The van der Waals surface area contributed by atoms with Gasteiger partial charge in [-0.2, -0.15) is 0 Å². The van der Waals surface area contributed by atoms with Crippen LogP contribution in [0.15, 0.2) is 60.0 Å². The van der Waals surface area contributed by atoms with Crippen molar-refractivity contribution >= 4 is 5.69 Å². The summed E-state index contributed by atoms with van der Waals surface area (Å²) in [4.78, 5) is 2.32. The first-order valence-electron chi connectivity index (χ1n) is 7.17. The third-order valence-electron chi connectivity index (χ3n) is 4.11. The van der Waals surface area contributed by atoms with Gasteiger partial charge in [-0.1, -0.05) is 36.4 Å². The SMILES string of the molecule is CC1=C2Oc3ccc(-c4ccccc4)cc3N2CCC1. The summed E-state index contributed by atoms with van der Waals surface area (Å²) in [6.07, 6.45) is 2.35. The Hall–Kier alpha value is -2.22. The monoisotopic (exact) mass is 263 g/mol. The van der Waals surface area contributed by atoms with E-state index in [1.54, 1.807) is 0 Å². The van der Waals surface area contributed by atoms with E-state index in [0.29, 0.717) is 0 Å². The number of allylic oxidation sites excluding steroid dienone is 1. The summed E-state index contributed by atoms with van der Waals surface area (Å²) in [5, 5.41) is 0. The number of rotatable bonds is 1. The quantitative estimate of drug-likeness (QED) is 0.746. The fourth-order valence-electron chi connectivity index (χ4n) is 3.04. The molecule has 2 aromatic rings. The smallest absolute Gasteiger partial charge is 0.199 e. The van der Waals surface area contributed by atoms with E-state index in [1.165, 1.54) is 28.8 Å². The summed E-state index contributed by atoms with van der Waals surface area (Å²) in [7, 11) is 0. The molecule has 20 heavy (non-hydrogen) atoms. The zero-order valence-corrected chi connectivity index (χ0v) is 11.6. The lowest BCUT2D eigenvalue weighted by Gasteiger charge is -2.24. The van der Waals surface area contributed by atoms with Crippen LogP contribution >= 0.6 is 0 Å². The number of ether oxygens (including phenoxy) is 1. The van der Waals surface area contributed by atoms with Crippen molar-refractivity contribution in [3.05, 3.63) is 60.0 Å². The molecule has 4 rings (SSSR count). The van der Waals surface area contributed by atoms with Crippen LogP contribution in [0.25, 0.3) is 11.1 Å². The van der Waals surface area contributed by atoms with E-state index >= 15 is 0 Å². The summed E-state index contributed by atoms with van der Waals surface area (Å²) < 4.78 is 6.02. The number of hydrogen-bond acceptors (Lipinski definition) is 2. The Morgan fingerprint density at radius 1 is 1.00 bits per heavy atom. The van der Waals surface area contributed by atoms with Gasteiger partial charge >= 0.3 is 0 Å². The number of nitrogens with zero attached hydrogens (tertiary/aromatic N) is 1. The van der Waals surface area contributed by atoms with Crippen molar-refractivity contribution in [1.82, 2.24) is 0 Å². The van der Waals surface area contributed by atoms with Gasteiger partial charge in [-0.25, -0.2) is 0 Å². The van der Waals surface area contributed by atoms with Gasteiger partial charge in [0.05, 0.1) is 5.69 Å². The van der Waals surface area contributed by atoms with Gasteiger partial charge in [-0.05, 0) is 48.6 Å². The second kappa shape index (κ2) is 4.41. The lowest BCUT2D eigenvalue weighted by Crippen LogP contribution is -2.26. The van der Waals surface area contributed by atoms with Gasteiger partial charge in [-0.15, -0.1) is 0 Å². The van der Waals surface area contributed by atoms with Crippen molar-refractivity contribution < 1.29 is 4.74 Å². The summed E-state index contributed by atoms with van der Waals surface area (Å²) in [5.41, 5.74) is 5.06. The van der Waals surface area contributed by atoms with E-state index in [0.717, 1.165) is 24.6 Å². The molecule has 0 fully saturated rings. The van der Waals surface area contributed by atoms with E-state index < -0.39 is 0 Å². The number of anilines is 1. The molecule has 2 heterocycles. The van der Waals surface area contributed by atoms with Gasteiger partial charge in [-0.3, -0.25) is 0 Å². The largest absolute Gasteiger partial charge is 0.439 e. The maximum Gasteiger partial charge on any atom is 0.199 e. The van der Waals surface area contributed by atoms with Crippen LogP contribution in [-0.4, -0.2) is 6.54 Å². The Kier molecular flexibility index (Phi) is 2.56. The maximum absolute atomic E-state index is 6.02. The van der Waals surface area contributed by atoms with Crippen molar-refractivity contribution in [3.63, 3.8) is 0 Å². The standard InChI is InChI=1S/C18H17NO/c1-13-6-5-11-19-16-12-15(14-7-3-2-4-8-14)9-10-17(16)20-18(13)19/h2-4,7-10,12H,5-6,11H2,1H3. The van der Waals surface area contributed by atoms with Gasteiger partial charge < -0.3 is 9.64 Å². The Morgan fingerprint density at radius 2 is 1.85 bits per heavy atom. The second-order valence-corrected chi connectivity index (χ2v) is 5.49. The maximum atomic E-state index is 6.02. The molecule has 0 bridgehead atoms. The first-order chi connectivity index (χ1) is 9.83. The Morgan fingerprint density at radius 3 is 2.70 bits per heavy atom. The van der Waals surface area contributed by atoms with E-state index in [-0.39, 0.29) is 0 Å². The normalized spacial score (nSPS) is 16.8. The van der Waals surface area contributed by atoms with Crippen LogP contribution in [0.4, 0.5) is 5.69 Å². The minimum atomic E-state index is 0.987. The molecule has 2 aromatic carbocycles. The van der Waals surface area contributed by atoms with Gasteiger partial charge in [0.1, 0.15) is 0 Å². The van der Waals surface area contributed by atoms with Gasteiger partial charge in [0.15, 0.2) is 11.6 Å². The molecule has 0 amide bonds. The zero-order valence-electron chi connectivity index (χ0n) is 11.6. The summed E-state index contributed by atoms with van der Waals surface area (Å²) in [5.74, 6) is 2.04. The van der Waals surface area contributed by atoms with Gasteiger partial charge in [0.2, 0.25) is 0 Å². The molecule has 2 aliphatic heterocycles. The third kappa shape index (κ3) is 1.72.